The molecule has 0 unspecified atom stereocenters. The summed E-state index contributed by atoms with van der Waals surface area (Å²) >= 11 is 5.85. The molecule has 3 heterocycles. The molecule has 6 nitrogen and oxygen atoms in total. The fourth-order valence-electron chi connectivity index (χ4n) is 3.55. The highest BCUT2D eigenvalue weighted by Gasteiger charge is 2.47. The summed E-state index contributed by atoms with van der Waals surface area (Å²) in [6.45, 7) is 0.398. The van der Waals surface area contributed by atoms with Crippen molar-refractivity contribution in [3.05, 3.63) is 53.2 Å². The predicted molar refractivity (Wildman–Crippen MR) is 91.0 cm³/mol. The minimum absolute atomic E-state index is 0.00641. The van der Waals surface area contributed by atoms with Gasteiger partial charge in [0, 0.05) is 37.3 Å². The van der Waals surface area contributed by atoms with Crippen LogP contribution in [0.2, 0.25) is 5.22 Å². The lowest BCUT2D eigenvalue weighted by Gasteiger charge is -2.28. The van der Waals surface area contributed by atoms with Crippen LogP contribution >= 0.6 is 11.6 Å². The molecule has 1 N–H and O–H groups in total. The molecule has 1 saturated carbocycles. The van der Waals surface area contributed by atoms with E-state index in [1.54, 1.807) is 12.4 Å². The van der Waals surface area contributed by atoms with E-state index in [1.165, 1.54) is 12.3 Å². The Morgan fingerprint density at radius 3 is 2.88 bits per heavy atom. The Hall–Kier alpha value is -2.34. The predicted octanol–water partition coefficient (Wildman–Crippen LogP) is 2.81. The number of carbonyl (C=O) groups is 2. The van der Waals surface area contributed by atoms with E-state index in [2.05, 4.69) is 10.3 Å². The molecule has 7 heteroatoms. The van der Waals surface area contributed by atoms with Crippen LogP contribution in [0.4, 0.5) is 0 Å². The van der Waals surface area contributed by atoms with Gasteiger partial charge in [-0.1, -0.05) is 6.07 Å². The minimum Gasteiger partial charge on any atom is -0.452 e. The van der Waals surface area contributed by atoms with Crippen molar-refractivity contribution in [1.82, 2.24) is 15.2 Å². The van der Waals surface area contributed by atoms with Crippen molar-refractivity contribution in [2.45, 2.75) is 31.3 Å². The van der Waals surface area contributed by atoms with Crippen LogP contribution in [-0.4, -0.2) is 34.3 Å². The first kappa shape index (κ1) is 16.1. The molecule has 2 atom stereocenters. The summed E-state index contributed by atoms with van der Waals surface area (Å²) in [5, 5.41) is 2.96. The summed E-state index contributed by atoms with van der Waals surface area (Å²) in [6, 6.07) is 5.68. The highest BCUT2D eigenvalue weighted by atomic mass is 35.5. The number of aromatic nitrogens is 1. The highest BCUT2D eigenvalue weighted by Crippen LogP contribution is 2.44. The molecule has 2 aliphatic rings. The van der Waals surface area contributed by atoms with Gasteiger partial charge in [0.1, 0.15) is 0 Å². The summed E-state index contributed by atoms with van der Waals surface area (Å²) in [4.78, 5) is 31.0. The molecule has 130 valence electrons. The fourth-order valence-corrected chi connectivity index (χ4v) is 3.75. The Labute approximate surface area is 150 Å². The van der Waals surface area contributed by atoms with Crippen molar-refractivity contribution < 1.29 is 14.0 Å². The Morgan fingerprint density at radius 2 is 2.24 bits per heavy atom. The molecule has 4 rings (SSSR count). The van der Waals surface area contributed by atoms with E-state index >= 15 is 0 Å². The zero-order valence-corrected chi connectivity index (χ0v) is 14.3. The molecule has 0 aromatic carbocycles. The topological polar surface area (TPSA) is 75.4 Å². The number of furan rings is 1. The molecule has 0 spiro atoms. The van der Waals surface area contributed by atoms with Gasteiger partial charge in [-0.2, -0.15) is 0 Å². The number of hydrogen-bond donors (Lipinski definition) is 1. The van der Waals surface area contributed by atoms with E-state index < -0.39 is 0 Å². The zero-order valence-electron chi connectivity index (χ0n) is 13.5. The van der Waals surface area contributed by atoms with Gasteiger partial charge in [0.15, 0.2) is 0 Å². The molecule has 2 amide bonds. The van der Waals surface area contributed by atoms with Gasteiger partial charge < -0.3 is 14.6 Å². The van der Waals surface area contributed by atoms with Gasteiger partial charge in [-0.25, -0.2) is 0 Å². The van der Waals surface area contributed by atoms with Crippen molar-refractivity contribution in [2.24, 2.45) is 5.92 Å². The standard InChI is InChI=1S/C18H18ClN3O3/c19-17-14(5-7-25-17)18(24)21-10-12-8-15(23)22(13-3-4-13)16(12)11-2-1-6-20-9-11/h1-2,5-7,9,12-13,16H,3-4,8,10H2,(H,21,24)/t12-,16-/m0/s1. The molecule has 0 radical (unpaired) electrons. The van der Waals surface area contributed by atoms with Gasteiger partial charge in [0.05, 0.1) is 17.9 Å². The number of amides is 2. The Balaban J connectivity index is 1.52. The van der Waals surface area contributed by atoms with Gasteiger partial charge in [0.25, 0.3) is 5.91 Å². The van der Waals surface area contributed by atoms with Gasteiger partial charge >= 0.3 is 0 Å². The summed E-state index contributed by atoms with van der Waals surface area (Å²) in [5.74, 6) is -0.134. The van der Waals surface area contributed by atoms with Crippen LogP contribution in [0.5, 0.6) is 0 Å². The summed E-state index contributed by atoms with van der Waals surface area (Å²) < 4.78 is 4.96. The monoisotopic (exact) mass is 359 g/mol. The van der Waals surface area contributed by atoms with Crippen molar-refractivity contribution in [3.63, 3.8) is 0 Å². The third-order valence-electron chi connectivity index (χ3n) is 4.82. The number of hydrogen-bond acceptors (Lipinski definition) is 4. The SMILES string of the molecule is O=C(NC[C@@H]1CC(=O)N(C2CC2)[C@H]1c1cccnc1)c1ccoc1Cl. The summed E-state index contributed by atoms with van der Waals surface area (Å²) in [6.07, 6.45) is 7.43. The van der Waals surface area contributed by atoms with Crippen LogP contribution in [0.1, 0.15) is 41.2 Å². The second kappa shape index (κ2) is 6.52. The molecular formula is C18H18ClN3O3. The Bertz CT molecular complexity index is 788. The second-order valence-corrected chi connectivity index (χ2v) is 6.89. The molecule has 1 saturated heterocycles. The van der Waals surface area contributed by atoms with Crippen molar-refractivity contribution in [2.75, 3.05) is 6.54 Å². The van der Waals surface area contributed by atoms with Crippen LogP contribution < -0.4 is 5.32 Å². The summed E-state index contributed by atoms with van der Waals surface area (Å²) in [5.41, 5.74) is 1.32. The lowest BCUT2D eigenvalue weighted by molar-refractivity contribution is -0.129. The molecule has 1 aliphatic carbocycles. The maximum atomic E-state index is 12.5. The number of nitrogens with zero attached hydrogens (tertiary/aromatic N) is 2. The van der Waals surface area contributed by atoms with Gasteiger partial charge in [-0.15, -0.1) is 0 Å². The average Bonchev–Trinajstić information content (AvgIpc) is 3.27. The maximum Gasteiger partial charge on any atom is 0.256 e. The Morgan fingerprint density at radius 1 is 1.40 bits per heavy atom. The first-order valence-electron chi connectivity index (χ1n) is 8.37. The third kappa shape index (κ3) is 3.14. The van der Waals surface area contributed by atoms with Gasteiger partial charge in [0.2, 0.25) is 11.1 Å². The Kier molecular flexibility index (Phi) is 4.21. The first-order chi connectivity index (χ1) is 12.1. The van der Waals surface area contributed by atoms with E-state index in [9.17, 15) is 9.59 Å². The molecular weight excluding hydrogens is 342 g/mol. The second-order valence-electron chi connectivity index (χ2n) is 6.55. The molecule has 2 aromatic heterocycles. The number of likely N-dealkylation sites (tertiary alicyclic amines) is 1. The van der Waals surface area contributed by atoms with E-state index in [4.69, 9.17) is 16.0 Å². The average molecular weight is 360 g/mol. The third-order valence-corrected chi connectivity index (χ3v) is 5.12. The van der Waals surface area contributed by atoms with E-state index in [0.717, 1.165) is 18.4 Å². The number of rotatable bonds is 5. The normalized spacial score (nSPS) is 23.1. The number of carbonyl (C=O) groups excluding carboxylic acids is 2. The van der Waals surface area contributed by atoms with Crippen LogP contribution in [-0.2, 0) is 4.79 Å². The summed E-state index contributed by atoms with van der Waals surface area (Å²) in [7, 11) is 0. The van der Waals surface area contributed by atoms with Crippen LogP contribution in [0.25, 0.3) is 0 Å². The maximum absolute atomic E-state index is 12.5. The van der Waals surface area contributed by atoms with Crippen molar-refractivity contribution in [1.29, 1.82) is 0 Å². The number of pyridine rings is 1. The van der Waals surface area contributed by atoms with Crippen LogP contribution in [0.3, 0.4) is 0 Å². The molecule has 0 bridgehead atoms. The van der Waals surface area contributed by atoms with Crippen LogP contribution in [0.15, 0.2) is 41.3 Å². The van der Waals surface area contributed by atoms with Gasteiger partial charge in [-0.3, -0.25) is 14.6 Å². The molecule has 25 heavy (non-hydrogen) atoms. The lowest BCUT2D eigenvalue weighted by Crippen LogP contribution is -2.35. The molecule has 1 aliphatic heterocycles. The van der Waals surface area contributed by atoms with E-state index in [0.29, 0.717) is 24.6 Å². The van der Waals surface area contributed by atoms with Crippen molar-refractivity contribution in [3.8, 4) is 0 Å². The van der Waals surface area contributed by atoms with Crippen molar-refractivity contribution >= 4 is 23.4 Å². The smallest absolute Gasteiger partial charge is 0.256 e. The van der Waals surface area contributed by atoms with Gasteiger partial charge in [-0.05, 0) is 42.1 Å². The highest BCUT2D eigenvalue weighted by molar-refractivity contribution is 6.32. The largest absolute Gasteiger partial charge is 0.452 e. The first-order valence-corrected chi connectivity index (χ1v) is 8.75. The van der Waals surface area contributed by atoms with E-state index in [-0.39, 0.29) is 29.0 Å². The zero-order chi connectivity index (χ0) is 17.4. The number of halogens is 1. The molecule has 2 fully saturated rings. The minimum atomic E-state index is -0.291. The van der Waals surface area contributed by atoms with Crippen LogP contribution in [0, 0.1) is 5.92 Å². The quantitative estimate of drug-likeness (QED) is 0.890. The van der Waals surface area contributed by atoms with E-state index in [1.807, 2.05) is 17.0 Å². The fraction of sp³-hybridized carbons (Fsp3) is 0.389. The molecule has 2 aromatic rings. The lowest BCUT2D eigenvalue weighted by atomic mass is 9.94. The number of nitrogens with one attached hydrogen (secondary N) is 1.